The topological polar surface area (TPSA) is 61.6 Å². The third kappa shape index (κ3) is 3.54. The van der Waals surface area contributed by atoms with E-state index in [0.717, 1.165) is 19.6 Å². The van der Waals surface area contributed by atoms with E-state index in [0.29, 0.717) is 24.0 Å². The van der Waals surface area contributed by atoms with E-state index < -0.39 is 0 Å². The van der Waals surface area contributed by atoms with Crippen LogP contribution >= 0.6 is 0 Å². The number of carbonyl (C=O) groups is 1. The number of benzene rings is 1. The lowest BCUT2D eigenvalue weighted by Gasteiger charge is -2.43. The molecule has 0 spiro atoms. The first-order valence-electron chi connectivity index (χ1n) is 7.83. The van der Waals surface area contributed by atoms with Gasteiger partial charge in [-0.15, -0.1) is 0 Å². The number of nitrogens with one attached hydrogen (secondary N) is 1. The van der Waals surface area contributed by atoms with Crippen LogP contribution in [0.4, 0.5) is 11.4 Å². The SMILES string of the molecule is Nc1ccccc1NC(=O)CN1CCN2CCCCC2C1. The molecule has 21 heavy (non-hydrogen) atoms. The van der Waals surface area contributed by atoms with E-state index in [1.807, 2.05) is 18.2 Å². The Kier molecular flexibility index (Phi) is 4.41. The summed E-state index contributed by atoms with van der Waals surface area (Å²) in [5, 5.41) is 2.91. The van der Waals surface area contributed by atoms with E-state index in [-0.39, 0.29) is 5.91 Å². The van der Waals surface area contributed by atoms with Gasteiger partial charge in [0.1, 0.15) is 0 Å². The van der Waals surface area contributed by atoms with Gasteiger partial charge in [0.2, 0.25) is 5.91 Å². The number of rotatable bonds is 3. The molecule has 5 heteroatoms. The van der Waals surface area contributed by atoms with Crippen LogP contribution in [0.1, 0.15) is 19.3 Å². The summed E-state index contributed by atoms with van der Waals surface area (Å²) in [5.41, 5.74) is 7.18. The highest BCUT2D eigenvalue weighted by Crippen LogP contribution is 2.21. The molecule has 2 aliphatic heterocycles. The standard InChI is InChI=1S/C16H24N4O/c17-14-6-1-2-7-15(14)18-16(21)12-19-9-10-20-8-4-3-5-13(20)11-19/h1-2,6-7,13H,3-5,8-12,17H2,(H,18,21). The number of anilines is 2. The minimum atomic E-state index is 0.0251. The summed E-state index contributed by atoms with van der Waals surface area (Å²) in [5.74, 6) is 0.0251. The smallest absolute Gasteiger partial charge is 0.238 e. The maximum atomic E-state index is 12.2. The van der Waals surface area contributed by atoms with Crippen molar-refractivity contribution in [3.63, 3.8) is 0 Å². The summed E-state index contributed by atoms with van der Waals surface area (Å²) in [6.07, 6.45) is 3.91. The van der Waals surface area contributed by atoms with Crippen LogP contribution in [0.15, 0.2) is 24.3 Å². The molecule has 2 fully saturated rings. The first-order valence-corrected chi connectivity index (χ1v) is 7.83. The molecule has 1 aromatic rings. The van der Waals surface area contributed by atoms with Crippen LogP contribution in [0, 0.1) is 0 Å². The molecule has 0 aliphatic carbocycles. The molecule has 0 saturated carbocycles. The second-order valence-corrected chi connectivity index (χ2v) is 6.06. The van der Waals surface area contributed by atoms with Crippen LogP contribution in [-0.2, 0) is 4.79 Å². The van der Waals surface area contributed by atoms with Gasteiger partial charge in [-0.1, -0.05) is 18.6 Å². The minimum Gasteiger partial charge on any atom is -0.397 e. The quantitative estimate of drug-likeness (QED) is 0.825. The summed E-state index contributed by atoms with van der Waals surface area (Å²) in [7, 11) is 0. The fourth-order valence-corrected chi connectivity index (χ4v) is 3.37. The van der Waals surface area contributed by atoms with E-state index in [2.05, 4.69) is 15.1 Å². The Hall–Kier alpha value is -1.59. The van der Waals surface area contributed by atoms with Crippen LogP contribution in [0.2, 0.25) is 0 Å². The van der Waals surface area contributed by atoms with Crippen molar-refractivity contribution < 1.29 is 4.79 Å². The van der Waals surface area contributed by atoms with Gasteiger partial charge in [-0.05, 0) is 31.5 Å². The highest BCUT2D eigenvalue weighted by molar-refractivity contribution is 5.95. The maximum Gasteiger partial charge on any atom is 0.238 e. The molecule has 1 aromatic carbocycles. The van der Waals surface area contributed by atoms with Gasteiger partial charge >= 0.3 is 0 Å². The summed E-state index contributed by atoms with van der Waals surface area (Å²) in [6.45, 7) is 4.77. The maximum absolute atomic E-state index is 12.2. The van der Waals surface area contributed by atoms with Crippen LogP contribution in [0.3, 0.4) is 0 Å². The van der Waals surface area contributed by atoms with Gasteiger partial charge in [-0.2, -0.15) is 0 Å². The van der Waals surface area contributed by atoms with Crippen LogP contribution < -0.4 is 11.1 Å². The van der Waals surface area contributed by atoms with Crippen LogP contribution in [0.25, 0.3) is 0 Å². The number of nitrogen functional groups attached to an aromatic ring is 1. The Labute approximate surface area is 126 Å². The number of piperidine rings is 1. The van der Waals surface area contributed by atoms with Gasteiger partial charge in [-0.3, -0.25) is 14.6 Å². The number of fused-ring (bicyclic) bond motifs is 1. The number of para-hydroxylation sites is 2. The zero-order valence-corrected chi connectivity index (χ0v) is 12.4. The Morgan fingerprint density at radius 2 is 2.10 bits per heavy atom. The van der Waals surface area contributed by atoms with Crippen molar-refractivity contribution in [3.8, 4) is 0 Å². The molecule has 0 bridgehead atoms. The van der Waals surface area contributed by atoms with Gasteiger partial charge in [0, 0.05) is 25.7 Å². The van der Waals surface area contributed by atoms with Crippen molar-refractivity contribution in [2.24, 2.45) is 0 Å². The predicted molar refractivity (Wildman–Crippen MR) is 85.1 cm³/mol. The zero-order valence-electron chi connectivity index (χ0n) is 12.4. The summed E-state index contributed by atoms with van der Waals surface area (Å²) < 4.78 is 0. The van der Waals surface area contributed by atoms with E-state index in [1.165, 1.54) is 25.8 Å². The number of piperazine rings is 1. The number of hydrogen-bond acceptors (Lipinski definition) is 4. The Balaban J connectivity index is 1.52. The predicted octanol–water partition coefficient (Wildman–Crippen LogP) is 1.38. The number of hydrogen-bond donors (Lipinski definition) is 2. The zero-order chi connectivity index (χ0) is 14.7. The average Bonchev–Trinajstić information content (AvgIpc) is 2.49. The normalized spacial score (nSPS) is 23.5. The first kappa shape index (κ1) is 14.4. The van der Waals surface area contributed by atoms with E-state index in [1.54, 1.807) is 6.07 Å². The molecular formula is C16H24N4O. The average molecular weight is 288 g/mol. The number of amides is 1. The third-order valence-corrected chi connectivity index (χ3v) is 4.52. The van der Waals surface area contributed by atoms with Crippen molar-refractivity contribution in [1.29, 1.82) is 0 Å². The Morgan fingerprint density at radius 1 is 1.24 bits per heavy atom. The van der Waals surface area contributed by atoms with Gasteiger partial charge in [-0.25, -0.2) is 0 Å². The molecule has 2 saturated heterocycles. The molecule has 1 amide bonds. The van der Waals surface area contributed by atoms with Gasteiger partial charge in [0.25, 0.3) is 0 Å². The summed E-state index contributed by atoms with van der Waals surface area (Å²) in [4.78, 5) is 17.0. The molecule has 114 valence electrons. The summed E-state index contributed by atoms with van der Waals surface area (Å²) in [6, 6.07) is 8.03. The Bertz CT molecular complexity index is 505. The van der Waals surface area contributed by atoms with Crippen molar-refractivity contribution in [1.82, 2.24) is 9.80 Å². The van der Waals surface area contributed by atoms with E-state index in [9.17, 15) is 4.79 Å². The first-order chi connectivity index (χ1) is 10.2. The lowest BCUT2D eigenvalue weighted by molar-refractivity contribution is -0.118. The molecule has 1 atom stereocenters. The molecule has 3 N–H and O–H groups in total. The highest BCUT2D eigenvalue weighted by atomic mass is 16.2. The summed E-state index contributed by atoms with van der Waals surface area (Å²) >= 11 is 0. The second-order valence-electron chi connectivity index (χ2n) is 6.06. The van der Waals surface area contributed by atoms with Gasteiger partial charge in [0.15, 0.2) is 0 Å². The van der Waals surface area contributed by atoms with Gasteiger partial charge < -0.3 is 11.1 Å². The highest BCUT2D eigenvalue weighted by Gasteiger charge is 2.29. The minimum absolute atomic E-state index is 0.0251. The largest absolute Gasteiger partial charge is 0.397 e. The molecule has 0 radical (unpaired) electrons. The number of nitrogens with two attached hydrogens (primary N) is 1. The lowest BCUT2D eigenvalue weighted by atomic mass is 9.99. The van der Waals surface area contributed by atoms with Crippen molar-refractivity contribution in [2.75, 3.05) is 43.8 Å². The lowest BCUT2D eigenvalue weighted by Crippen LogP contribution is -2.55. The molecule has 5 nitrogen and oxygen atoms in total. The second kappa shape index (κ2) is 6.45. The molecule has 1 unspecified atom stereocenters. The molecular weight excluding hydrogens is 264 g/mol. The molecule has 3 rings (SSSR count). The van der Waals surface area contributed by atoms with Crippen LogP contribution in [0.5, 0.6) is 0 Å². The molecule has 2 aliphatic rings. The fourth-order valence-electron chi connectivity index (χ4n) is 3.37. The number of nitrogens with zero attached hydrogens (tertiary/aromatic N) is 2. The van der Waals surface area contributed by atoms with Crippen LogP contribution in [-0.4, -0.2) is 54.5 Å². The third-order valence-electron chi connectivity index (χ3n) is 4.52. The van der Waals surface area contributed by atoms with Crippen molar-refractivity contribution >= 4 is 17.3 Å². The van der Waals surface area contributed by atoms with Crippen molar-refractivity contribution in [2.45, 2.75) is 25.3 Å². The van der Waals surface area contributed by atoms with E-state index >= 15 is 0 Å². The Morgan fingerprint density at radius 3 is 2.95 bits per heavy atom. The monoisotopic (exact) mass is 288 g/mol. The molecule has 0 aromatic heterocycles. The van der Waals surface area contributed by atoms with Crippen molar-refractivity contribution in [3.05, 3.63) is 24.3 Å². The van der Waals surface area contributed by atoms with Gasteiger partial charge in [0.05, 0.1) is 17.9 Å². The van der Waals surface area contributed by atoms with E-state index in [4.69, 9.17) is 5.73 Å². The fraction of sp³-hybridized carbons (Fsp3) is 0.562. The number of carbonyl (C=O) groups excluding carboxylic acids is 1. The molecule has 2 heterocycles.